The topological polar surface area (TPSA) is 52.5 Å². The first-order chi connectivity index (χ1) is 6.55. The standard InChI is InChI=1S/C10H21NO2S/c1-10(13,7-14-2)6-11-8-4-3-5-9(8)12/h8-9,11-13H,3-7H2,1-2H3. The van der Waals surface area contributed by atoms with Crippen molar-refractivity contribution in [3.63, 3.8) is 0 Å². The molecule has 1 aliphatic rings. The first-order valence-electron chi connectivity index (χ1n) is 5.18. The summed E-state index contributed by atoms with van der Waals surface area (Å²) in [4.78, 5) is 0. The van der Waals surface area contributed by atoms with Crippen molar-refractivity contribution in [2.75, 3.05) is 18.6 Å². The van der Waals surface area contributed by atoms with Crippen molar-refractivity contribution in [1.82, 2.24) is 5.32 Å². The number of nitrogens with one attached hydrogen (secondary N) is 1. The Kier molecular flexibility index (Phi) is 4.70. The zero-order valence-electron chi connectivity index (χ0n) is 8.99. The number of thioether (sulfide) groups is 1. The quantitative estimate of drug-likeness (QED) is 0.634. The zero-order valence-corrected chi connectivity index (χ0v) is 9.81. The second kappa shape index (κ2) is 5.35. The lowest BCUT2D eigenvalue weighted by Crippen LogP contribution is -2.46. The molecule has 0 radical (unpaired) electrons. The first-order valence-corrected chi connectivity index (χ1v) is 6.57. The average Bonchev–Trinajstić information content (AvgIpc) is 2.48. The summed E-state index contributed by atoms with van der Waals surface area (Å²) in [5, 5.41) is 22.7. The van der Waals surface area contributed by atoms with Gasteiger partial charge in [-0.25, -0.2) is 0 Å². The number of aliphatic hydroxyl groups excluding tert-OH is 1. The van der Waals surface area contributed by atoms with E-state index in [4.69, 9.17) is 0 Å². The van der Waals surface area contributed by atoms with Crippen LogP contribution >= 0.6 is 11.8 Å². The predicted molar refractivity (Wildman–Crippen MR) is 60.7 cm³/mol. The van der Waals surface area contributed by atoms with Crippen molar-refractivity contribution in [3.05, 3.63) is 0 Å². The zero-order chi connectivity index (χ0) is 10.6. The highest BCUT2D eigenvalue weighted by Gasteiger charge is 2.27. The Morgan fingerprint density at radius 1 is 1.50 bits per heavy atom. The van der Waals surface area contributed by atoms with Crippen LogP contribution in [-0.4, -0.2) is 46.5 Å². The van der Waals surface area contributed by atoms with Crippen LogP contribution in [0.15, 0.2) is 0 Å². The lowest BCUT2D eigenvalue weighted by atomic mass is 10.1. The van der Waals surface area contributed by atoms with E-state index < -0.39 is 5.60 Å². The van der Waals surface area contributed by atoms with E-state index in [1.54, 1.807) is 11.8 Å². The van der Waals surface area contributed by atoms with E-state index in [1.807, 2.05) is 13.2 Å². The van der Waals surface area contributed by atoms with E-state index in [0.717, 1.165) is 25.0 Å². The molecule has 0 aromatic carbocycles. The summed E-state index contributed by atoms with van der Waals surface area (Å²) in [6.45, 7) is 2.40. The van der Waals surface area contributed by atoms with E-state index in [-0.39, 0.29) is 12.1 Å². The van der Waals surface area contributed by atoms with Crippen molar-refractivity contribution >= 4 is 11.8 Å². The van der Waals surface area contributed by atoms with E-state index >= 15 is 0 Å². The van der Waals surface area contributed by atoms with Gasteiger partial charge in [0.2, 0.25) is 0 Å². The maximum atomic E-state index is 9.90. The summed E-state index contributed by atoms with van der Waals surface area (Å²) in [5.74, 6) is 0.725. The summed E-state index contributed by atoms with van der Waals surface area (Å²) in [7, 11) is 0. The molecule has 0 saturated heterocycles. The third kappa shape index (κ3) is 3.77. The minimum Gasteiger partial charge on any atom is -0.392 e. The summed E-state index contributed by atoms with van der Waals surface area (Å²) in [6, 6.07) is 0.184. The van der Waals surface area contributed by atoms with Gasteiger partial charge in [-0.2, -0.15) is 11.8 Å². The second-order valence-electron chi connectivity index (χ2n) is 4.42. The smallest absolute Gasteiger partial charge is 0.0833 e. The summed E-state index contributed by atoms with van der Waals surface area (Å²) in [5.41, 5.74) is -0.665. The first kappa shape index (κ1) is 12.3. The van der Waals surface area contributed by atoms with Gasteiger partial charge in [0.1, 0.15) is 0 Å². The Hall–Kier alpha value is 0.230. The van der Waals surface area contributed by atoms with E-state index in [1.165, 1.54) is 0 Å². The molecule has 3 nitrogen and oxygen atoms in total. The molecule has 0 aromatic heterocycles. The Morgan fingerprint density at radius 3 is 2.71 bits per heavy atom. The van der Waals surface area contributed by atoms with Crippen molar-refractivity contribution in [1.29, 1.82) is 0 Å². The third-order valence-electron chi connectivity index (χ3n) is 2.68. The largest absolute Gasteiger partial charge is 0.392 e. The highest BCUT2D eigenvalue weighted by atomic mass is 32.2. The summed E-state index contributed by atoms with van der Waals surface area (Å²) >= 11 is 1.64. The Morgan fingerprint density at radius 2 is 2.21 bits per heavy atom. The molecule has 1 aliphatic carbocycles. The Balaban J connectivity index is 2.25. The fourth-order valence-electron chi connectivity index (χ4n) is 1.89. The van der Waals surface area contributed by atoms with Gasteiger partial charge in [-0.1, -0.05) is 0 Å². The molecule has 0 bridgehead atoms. The average molecular weight is 219 g/mol. The minimum absolute atomic E-state index is 0.184. The lowest BCUT2D eigenvalue weighted by Gasteiger charge is -2.26. The molecule has 3 N–H and O–H groups in total. The number of hydrogen-bond acceptors (Lipinski definition) is 4. The van der Waals surface area contributed by atoms with Crippen LogP contribution in [0.3, 0.4) is 0 Å². The van der Waals surface area contributed by atoms with Crippen LogP contribution in [0.1, 0.15) is 26.2 Å². The van der Waals surface area contributed by atoms with Crippen LogP contribution in [-0.2, 0) is 0 Å². The van der Waals surface area contributed by atoms with Gasteiger partial charge in [-0.3, -0.25) is 0 Å². The van der Waals surface area contributed by atoms with Gasteiger partial charge < -0.3 is 15.5 Å². The molecule has 1 saturated carbocycles. The van der Waals surface area contributed by atoms with E-state index in [0.29, 0.717) is 6.54 Å². The molecule has 84 valence electrons. The van der Waals surface area contributed by atoms with Crippen LogP contribution < -0.4 is 5.32 Å². The molecule has 0 heterocycles. The van der Waals surface area contributed by atoms with Crippen LogP contribution in [0.5, 0.6) is 0 Å². The van der Waals surface area contributed by atoms with Gasteiger partial charge >= 0.3 is 0 Å². The van der Waals surface area contributed by atoms with Crippen LogP contribution in [0.2, 0.25) is 0 Å². The van der Waals surface area contributed by atoms with Crippen molar-refractivity contribution in [2.24, 2.45) is 0 Å². The minimum atomic E-state index is -0.665. The summed E-state index contributed by atoms with van der Waals surface area (Å²) < 4.78 is 0. The monoisotopic (exact) mass is 219 g/mol. The molecule has 1 rings (SSSR count). The molecule has 0 spiro atoms. The molecule has 14 heavy (non-hydrogen) atoms. The van der Waals surface area contributed by atoms with E-state index in [2.05, 4.69) is 5.32 Å². The van der Waals surface area contributed by atoms with E-state index in [9.17, 15) is 10.2 Å². The Bertz CT molecular complexity index is 176. The van der Waals surface area contributed by atoms with Crippen LogP contribution in [0.25, 0.3) is 0 Å². The lowest BCUT2D eigenvalue weighted by molar-refractivity contribution is 0.0710. The highest BCUT2D eigenvalue weighted by molar-refractivity contribution is 7.98. The molecular weight excluding hydrogens is 198 g/mol. The SMILES string of the molecule is CSCC(C)(O)CNC1CCCC1O. The molecule has 0 aromatic rings. The molecule has 1 fully saturated rings. The molecule has 3 unspecified atom stereocenters. The van der Waals surface area contributed by atoms with Gasteiger partial charge in [0, 0.05) is 18.3 Å². The van der Waals surface area contributed by atoms with Crippen molar-refractivity contribution in [3.8, 4) is 0 Å². The summed E-state index contributed by atoms with van der Waals surface area (Å²) in [6.07, 6.45) is 4.77. The maximum absolute atomic E-state index is 9.90. The van der Waals surface area contributed by atoms with Gasteiger partial charge in [0.05, 0.1) is 11.7 Å². The molecular formula is C10H21NO2S. The van der Waals surface area contributed by atoms with Crippen LogP contribution in [0.4, 0.5) is 0 Å². The second-order valence-corrected chi connectivity index (χ2v) is 5.28. The van der Waals surface area contributed by atoms with Crippen LogP contribution in [0, 0.1) is 0 Å². The third-order valence-corrected chi connectivity index (χ3v) is 3.59. The molecule has 4 heteroatoms. The Labute approximate surface area is 90.3 Å². The molecule has 0 aliphatic heterocycles. The normalized spacial score (nSPS) is 31.7. The van der Waals surface area contributed by atoms with Crippen molar-refractivity contribution < 1.29 is 10.2 Å². The molecule has 3 atom stereocenters. The highest BCUT2D eigenvalue weighted by Crippen LogP contribution is 2.19. The van der Waals surface area contributed by atoms with Gasteiger partial charge in [0.15, 0.2) is 0 Å². The van der Waals surface area contributed by atoms with Crippen molar-refractivity contribution in [2.45, 2.75) is 43.9 Å². The number of rotatable bonds is 5. The number of aliphatic hydroxyl groups is 2. The maximum Gasteiger partial charge on any atom is 0.0833 e. The predicted octanol–water partition coefficient (Wildman–Crippen LogP) is 0.603. The van der Waals surface area contributed by atoms with Gasteiger partial charge in [0.25, 0.3) is 0 Å². The fourth-order valence-corrected chi connectivity index (χ4v) is 2.62. The number of hydrogen-bond donors (Lipinski definition) is 3. The van der Waals surface area contributed by atoms with Gasteiger partial charge in [-0.15, -0.1) is 0 Å². The van der Waals surface area contributed by atoms with Gasteiger partial charge in [-0.05, 0) is 32.4 Å². The molecule has 0 amide bonds. The fraction of sp³-hybridized carbons (Fsp3) is 1.00.